The van der Waals surface area contributed by atoms with E-state index in [4.69, 9.17) is 9.47 Å². The van der Waals surface area contributed by atoms with E-state index in [0.29, 0.717) is 37.5 Å². The molecule has 0 atom stereocenters. The van der Waals surface area contributed by atoms with Gasteiger partial charge in [-0.25, -0.2) is 9.37 Å². The Bertz CT molecular complexity index is 1070. The fourth-order valence-electron chi connectivity index (χ4n) is 3.46. The molecule has 1 N–H and O–H groups in total. The second-order valence-corrected chi connectivity index (χ2v) is 8.58. The lowest BCUT2D eigenvalue weighted by Crippen LogP contribution is -2.31. The summed E-state index contributed by atoms with van der Waals surface area (Å²) in [5.41, 5.74) is 1.92. The predicted molar refractivity (Wildman–Crippen MR) is 125 cm³/mol. The minimum Gasteiger partial charge on any atom is -0.454 e. The third-order valence-electron chi connectivity index (χ3n) is 5.32. The number of nitrogens with zero attached hydrogens (tertiary/aromatic N) is 3. The highest BCUT2D eigenvalue weighted by atomic mass is 32.1. The molecule has 3 aromatic rings. The Labute approximate surface area is 196 Å². The number of rotatable bonds is 11. The first-order chi connectivity index (χ1) is 16.1. The summed E-state index contributed by atoms with van der Waals surface area (Å²) in [5.74, 6) is 1.86. The maximum atomic E-state index is 13.1. The number of unbranched alkanes of at least 4 members (excludes halogenated alkanes) is 1. The van der Waals surface area contributed by atoms with Gasteiger partial charge in [-0.05, 0) is 41.8 Å². The van der Waals surface area contributed by atoms with Crippen LogP contribution in [0.1, 0.15) is 43.1 Å². The van der Waals surface area contributed by atoms with Crippen molar-refractivity contribution in [1.29, 1.82) is 0 Å². The first-order valence-corrected chi connectivity index (χ1v) is 11.8. The van der Waals surface area contributed by atoms with Crippen molar-refractivity contribution in [3.8, 4) is 11.5 Å². The van der Waals surface area contributed by atoms with Crippen LogP contribution in [0.2, 0.25) is 0 Å². The Kier molecular flexibility index (Phi) is 7.72. The largest absolute Gasteiger partial charge is 0.454 e. The minimum absolute atomic E-state index is 0.0229. The average molecular weight is 471 g/mol. The van der Waals surface area contributed by atoms with Crippen LogP contribution in [0.5, 0.6) is 11.5 Å². The van der Waals surface area contributed by atoms with Crippen molar-refractivity contribution in [1.82, 2.24) is 14.7 Å². The van der Waals surface area contributed by atoms with Crippen LogP contribution in [-0.4, -0.2) is 35.1 Å². The second kappa shape index (κ2) is 11.1. The average Bonchev–Trinajstić information content (AvgIpc) is 3.48. The summed E-state index contributed by atoms with van der Waals surface area (Å²) >= 11 is 1.34. The molecule has 1 aliphatic rings. The third kappa shape index (κ3) is 6.41. The van der Waals surface area contributed by atoms with Crippen molar-refractivity contribution < 1.29 is 18.7 Å². The summed E-state index contributed by atoms with van der Waals surface area (Å²) in [4.78, 5) is 19.3. The fraction of sp³-hybridized carbons (Fsp3) is 0.375. The van der Waals surface area contributed by atoms with Crippen LogP contribution >= 0.6 is 11.5 Å². The number of hydrogen-bond acceptors (Lipinski definition) is 7. The van der Waals surface area contributed by atoms with Crippen molar-refractivity contribution in [3.05, 3.63) is 65.2 Å². The number of hydrogen-bond donors (Lipinski definition) is 1. The molecule has 0 aliphatic carbocycles. The van der Waals surface area contributed by atoms with Crippen LogP contribution in [-0.2, 0) is 17.8 Å². The molecule has 0 spiro atoms. The Morgan fingerprint density at radius 2 is 1.91 bits per heavy atom. The number of nitrogens with one attached hydrogen (secondary N) is 1. The third-order valence-corrected chi connectivity index (χ3v) is 6.14. The number of amides is 1. The molecule has 174 valence electrons. The van der Waals surface area contributed by atoms with Gasteiger partial charge in [0.2, 0.25) is 17.8 Å². The molecular formula is C24H27FN4O3S. The summed E-state index contributed by atoms with van der Waals surface area (Å²) in [6.07, 6.45) is 2.97. The van der Waals surface area contributed by atoms with Gasteiger partial charge in [-0.2, -0.15) is 4.37 Å². The van der Waals surface area contributed by atoms with Gasteiger partial charge < -0.3 is 19.7 Å². The summed E-state index contributed by atoms with van der Waals surface area (Å²) in [6.45, 7) is 4.19. The van der Waals surface area contributed by atoms with Crippen molar-refractivity contribution in [2.45, 2.75) is 39.2 Å². The van der Waals surface area contributed by atoms with Crippen LogP contribution in [0.3, 0.4) is 0 Å². The van der Waals surface area contributed by atoms with Crippen LogP contribution < -0.4 is 19.7 Å². The molecule has 0 saturated carbocycles. The smallest absolute Gasteiger partial charge is 0.231 e. The summed E-state index contributed by atoms with van der Waals surface area (Å²) in [5, 5.41) is 3.78. The van der Waals surface area contributed by atoms with Crippen LogP contribution in [0.4, 0.5) is 9.52 Å². The Hall–Kier alpha value is -3.20. The number of anilines is 1. The van der Waals surface area contributed by atoms with Crippen LogP contribution in [0.15, 0.2) is 42.5 Å². The highest BCUT2D eigenvalue weighted by Gasteiger charge is 2.16. The number of carbonyl (C=O) groups excluding carboxylic acids is 1. The van der Waals surface area contributed by atoms with E-state index in [9.17, 15) is 9.18 Å². The number of halogens is 1. The summed E-state index contributed by atoms with van der Waals surface area (Å²) in [6, 6.07) is 12.0. The number of carbonyl (C=O) groups is 1. The van der Waals surface area contributed by atoms with E-state index in [1.165, 1.54) is 23.7 Å². The number of ether oxygens (including phenoxy) is 2. The highest BCUT2D eigenvalue weighted by Crippen LogP contribution is 2.32. The van der Waals surface area contributed by atoms with E-state index >= 15 is 0 Å². The molecule has 0 unspecified atom stereocenters. The summed E-state index contributed by atoms with van der Waals surface area (Å²) < 4.78 is 28.3. The quantitative estimate of drug-likeness (QED) is 0.450. The van der Waals surface area contributed by atoms with Crippen molar-refractivity contribution >= 4 is 22.6 Å². The SMILES string of the molecule is CCCCN(CCC(=O)NCc1ccc2c(c1)OCO2)c1nc(Cc2ccc(F)cc2)ns1. The summed E-state index contributed by atoms with van der Waals surface area (Å²) in [7, 11) is 0. The molecule has 2 heterocycles. The van der Waals surface area contributed by atoms with E-state index in [0.717, 1.165) is 41.4 Å². The zero-order valence-corrected chi connectivity index (χ0v) is 19.4. The Morgan fingerprint density at radius 3 is 2.73 bits per heavy atom. The molecule has 0 saturated heterocycles. The first kappa shape index (κ1) is 23.0. The molecule has 9 heteroatoms. The van der Waals surface area contributed by atoms with Gasteiger partial charge in [0, 0.05) is 44.0 Å². The molecule has 0 fully saturated rings. The molecule has 1 amide bonds. The van der Waals surface area contributed by atoms with Gasteiger partial charge in [0.25, 0.3) is 0 Å². The van der Waals surface area contributed by atoms with Gasteiger partial charge in [-0.15, -0.1) is 0 Å². The topological polar surface area (TPSA) is 76.6 Å². The number of fused-ring (bicyclic) bond motifs is 1. The lowest BCUT2D eigenvalue weighted by atomic mass is 10.1. The van der Waals surface area contributed by atoms with E-state index in [-0.39, 0.29) is 18.5 Å². The molecular weight excluding hydrogens is 443 g/mol. The highest BCUT2D eigenvalue weighted by molar-refractivity contribution is 7.09. The molecule has 0 bridgehead atoms. The van der Waals surface area contributed by atoms with Gasteiger partial charge in [-0.1, -0.05) is 31.5 Å². The maximum absolute atomic E-state index is 13.1. The predicted octanol–water partition coefficient (Wildman–Crippen LogP) is 4.31. The van der Waals surface area contributed by atoms with Gasteiger partial charge in [-0.3, -0.25) is 4.79 Å². The van der Waals surface area contributed by atoms with E-state index in [2.05, 4.69) is 26.5 Å². The van der Waals surface area contributed by atoms with Gasteiger partial charge >= 0.3 is 0 Å². The zero-order chi connectivity index (χ0) is 23.0. The molecule has 4 rings (SSSR count). The molecule has 0 radical (unpaired) electrons. The molecule has 1 aliphatic heterocycles. The van der Waals surface area contributed by atoms with Crippen LogP contribution in [0.25, 0.3) is 0 Å². The van der Waals surface area contributed by atoms with Gasteiger partial charge in [0.15, 0.2) is 11.5 Å². The second-order valence-electron chi connectivity index (χ2n) is 7.85. The van der Waals surface area contributed by atoms with Gasteiger partial charge in [0.1, 0.15) is 11.6 Å². The first-order valence-electron chi connectivity index (χ1n) is 11.1. The van der Waals surface area contributed by atoms with Crippen molar-refractivity contribution in [3.63, 3.8) is 0 Å². The van der Waals surface area contributed by atoms with Crippen LogP contribution in [0, 0.1) is 5.82 Å². The lowest BCUT2D eigenvalue weighted by molar-refractivity contribution is -0.121. The number of benzene rings is 2. The van der Waals surface area contributed by atoms with E-state index in [1.54, 1.807) is 12.1 Å². The Morgan fingerprint density at radius 1 is 1.12 bits per heavy atom. The molecule has 7 nitrogen and oxygen atoms in total. The normalized spacial score (nSPS) is 12.1. The minimum atomic E-state index is -0.256. The van der Waals surface area contributed by atoms with Crippen molar-refractivity contribution in [2.75, 3.05) is 24.8 Å². The van der Waals surface area contributed by atoms with Crippen molar-refractivity contribution in [2.24, 2.45) is 0 Å². The standard InChI is InChI=1S/C24H27FN4O3S/c1-2-3-11-29(24-27-22(28-33-24)14-17-4-7-19(25)8-5-17)12-10-23(30)26-15-18-6-9-20-21(13-18)32-16-31-20/h4-9,13H,2-3,10-12,14-16H2,1H3,(H,26,30). The molecule has 2 aromatic carbocycles. The molecule has 33 heavy (non-hydrogen) atoms. The lowest BCUT2D eigenvalue weighted by Gasteiger charge is -2.20. The Balaban J connectivity index is 1.30. The number of aromatic nitrogens is 2. The van der Waals surface area contributed by atoms with Gasteiger partial charge in [0.05, 0.1) is 0 Å². The van der Waals surface area contributed by atoms with E-state index < -0.39 is 0 Å². The fourth-order valence-corrected chi connectivity index (χ4v) is 4.19. The zero-order valence-electron chi connectivity index (χ0n) is 18.6. The monoisotopic (exact) mass is 470 g/mol. The van der Waals surface area contributed by atoms with E-state index in [1.807, 2.05) is 18.2 Å². The maximum Gasteiger partial charge on any atom is 0.231 e. The molecule has 1 aromatic heterocycles.